The number of carbonyl (C=O) groups is 2. The summed E-state index contributed by atoms with van der Waals surface area (Å²) in [5.41, 5.74) is 5.09. The fraction of sp³-hybridized carbons (Fsp3) is 0.950. The Morgan fingerprint density at radius 3 is 2.34 bits per heavy atom. The minimum atomic E-state index is -0.767. The zero-order chi connectivity index (χ0) is 36.4. The molecule has 8 unspecified atom stereocenters. The van der Waals surface area contributed by atoms with Gasteiger partial charge in [0.05, 0.1) is 37.6 Å². The highest BCUT2D eigenvalue weighted by Gasteiger charge is 2.84. The Morgan fingerprint density at radius 2 is 1.68 bits per heavy atom. The summed E-state index contributed by atoms with van der Waals surface area (Å²) in [6.45, 7) is 23.1. The van der Waals surface area contributed by atoms with E-state index in [9.17, 15) is 14.7 Å². The molecule has 0 bridgehead atoms. The van der Waals surface area contributed by atoms with Crippen molar-refractivity contribution >= 4 is 12.2 Å². The van der Waals surface area contributed by atoms with Gasteiger partial charge >= 0.3 is 12.2 Å². The number of aliphatic hydroxyl groups excluding tert-OH is 1. The first-order valence-electron chi connectivity index (χ1n) is 19.8. The summed E-state index contributed by atoms with van der Waals surface area (Å²) in [4.78, 5) is 26.4. The van der Waals surface area contributed by atoms with Crippen LogP contribution in [0, 0.1) is 56.7 Å². The van der Waals surface area contributed by atoms with Crippen molar-refractivity contribution in [2.45, 2.75) is 163 Å². The van der Waals surface area contributed by atoms with Gasteiger partial charge in [0, 0.05) is 12.0 Å². The molecular weight excluding hydrogens is 636 g/mol. The lowest BCUT2D eigenvalue weighted by Gasteiger charge is -2.64. The maximum absolute atomic E-state index is 12.9. The van der Waals surface area contributed by atoms with Gasteiger partial charge in [-0.15, -0.1) is 0 Å². The number of hydrogen-bond acceptors (Lipinski definition) is 8. The van der Waals surface area contributed by atoms with E-state index in [1.807, 2.05) is 34.6 Å². The lowest BCUT2D eigenvalue weighted by Crippen LogP contribution is -2.60. The third-order valence-electron chi connectivity index (χ3n) is 16.0. The molecule has 10 nitrogen and oxygen atoms in total. The summed E-state index contributed by atoms with van der Waals surface area (Å²) in [5.74, 6) is 1.60. The Balaban J connectivity index is 1.09. The maximum Gasteiger partial charge on any atom is 0.410 e. The van der Waals surface area contributed by atoms with E-state index < -0.39 is 30.2 Å². The van der Waals surface area contributed by atoms with E-state index in [1.54, 1.807) is 4.90 Å². The number of ether oxygens (including phenoxy) is 5. The van der Waals surface area contributed by atoms with Crippen molar-refractivity contribution in [3.63, 3.8) is 0 Å². The molecule has 2 aliphatic heterocycles. The Hall–Kier alpha value is -1.62. The van der Waals surface area contributed by atoms with Gasteiger partial charge in [-0.05, 0) is 123 Å². The third kappa shape index (κ3) is 5.21. The average Bonchev–Trinajstić information content (AvgIpc) is 3.65. The van der Waals surface area contributed by atoms with Crippen molar-refractivity contribution in [1.29, 1.82) is 0 Å². The molecule has 10 heteroatoms. The summed E-state index contributed by atoms with van der Waals surface area (Å²) in [6.07, 6.45) is 5.64. The van der Waals surface area contributed by atoms with Crippen LogP contribution in [-0.4, -0.2) is 84.3 Å². The summed E-state index contributed by atoms with van der Waals surface area (Å²) < 4.78 is 31.1. The Bertz CT molecular complexity index is 1350. The quantitative estimate of drug-likeness (QED) is 0.317. The van der Waals surface area contributed by atoms with Crippen LogP contribution in [0.3, 0.4) is 0 Å². The van der Waals surface area contributed by atoms with E-state index in [-0.39, 0.29) is 63.3 Å². The fourth-order valence-electron chi connectivity index (χ4n) is 13.9. The largest absolute Gasteiger partial charge is 0.444 e. The summed E-state index contributed by atoms with van der Waals surface area (Å²) >= 11 is 0. The highest BCUT2D eigenvalue weighted by Crippen LogP contribution is 2.89. The molecule has 0 aromatic carbocycles. The second kappa shape index (κ2) is 11.9. The molecule has 284 valence electrons. The minimum Gasteiger partial charge on any atom is -0.444 e. The second-order valence-corrected chi connectivity index (χ2v) is 20.1. The van der Waals surface area contributed by atoms with Gasteiger partial charge in [-0.25, -0.2) is 9.59 Å². The van der Waals surface area contributed by atoms with Gasteiger partial charge in [-0.3, -0.25) is 0 Å². The van der Waals surface area contributed by atoms with Crippen LogP contribution in [0.25, 0.3) is 0 Å². The van der Waals surface area contributed by atoms with Crippen molar-refractivity contribution in [3.8, 4) is 0 Å². The van der Waals surface area contributed by atoms with E-state index in [1.165, 1.54) is 12.8 Å². The molecule has 5 aliphatic carbocycles. The Labute approximate surface area is 300 Å². The third-order valence-corrected chi connectivity index (χ3v) is 16.0. The standard InChI is InChI=1S/C40H66N2O8/c1-22(2)30(49-33(41)44)24-19-23(3)29-31(47-24)32(43)38(10)26-12-11-25-36(7,8)27(13-14-39(25)21-40(26,39)16-15-37(29,38)9)48-28-20-42(17-18-46-28)34(45)50-35(4,5)6/h22-32,43H,11-21H2,1-10H3,(H2,41,44)/t23-,24?,25+,26?,27?,28+,29+,30?,31?,32+,37?,38-,39?,40?/m1/s1. The summed E-state index contributed by atoms with van der Waals surface area (Å²) in [6, 6.07) is 0. The average molecular weight is 703 g/mol. The van der Waals surface area contributed by atoms with E-state index in [2.05, 4.69) is 34.6 Å². The molecule has 2 amide bonds. The first kappa shape index (κ1) is 36.7. The normalized spacial score (nSPS) is 48.3. The number of amides is 2. The predicted octanol–water partition coefficient (Wildman–Crippen LogP) is 6.90. The topological polar surface area (TPSA) is 130 Å². The number of nitrogens with two attached hydrogens (primary N) is 1. The molecular formula is C40H66N2O8. The molecule has 7 fully saturated rings. The zero-order valence-corrected chi connectivity index (χ0v) is 32.5. The van der Waals surface area contributed by atoms with Crippen LogP contribution in [0.1, 0.15) is 121 Å². The number of nitrogens with zero attached hydrogens (tertiary/aromatic N) is 1. The van der Waals surface area contributed by atoms with E-state index in [0.29, 0.717) is 37.5 Å². The first-order valence-corrected chi connectivity index (χ1v) is 19.8. The number of primary amides is 1. The van der Waals surface area contributed by atoms with Crippen molar-refractivity contribution in [2.75, 3.05) is 19.7 Å². The Kier molecular flexibility index (Phi) is 8.77. The van der Waals surface area contributed by atoms with Crippen LogP contribution in [0.15, 0.2) is 0 Å². The molecule has 7 rings (SSSR count). The zero-order valence-electron chi connectivity index (χ0n) is 32.5. The van der Waals surface area contributed by atoms with Gasteiger partial charge in [0.2, 0.25) is 0 Å². The Morgan fingerprint density at radius 1 is 1.00 bits per heavy atom. The SMILES string of the molecule is CC(C)C(OC(N)=O)C1C[C@@H](C)[C@H]2C(O1)[C@H](O)[C@@]1(C)C3CC[C@H]4C(C)(C)C(O[C@H]5CN(C(=O)OC(C)(C)C)CCO5)CCC45CC35CCC21C. The summed E-state index contributed by atoms with van der Waals surface area (Å²) in [5, 5.41) is 12.6. The fourth-order valence-corrected chi connectivity index (χ4v) is 13.9. The van der Waals surface area contributed by atoms with Crippen LogP contribution in [0.2, 0.25) is 0 Å². The van der Waals surface area contributed by atoms with E-state index in [4.69, 9.17) is 29.4 Å². The maximum atomic E-state index is 12.9. The molecule has 2 heterocycles. The predicted molar refractivity (Wildman–Crippen MR) is 188 cm³/mol. The van der Waals surface area contributed by atoms with Crippen LogP contribution in [0.4, 0.5) is 9.59 Å². The molecule has 3 N–H and O–H groups in total. The molecule has 0 aromatic rings. The molecule has 14 atom stereocenters. The summed E-state index contributed by atoms with van der Waals surface area (Å²) in [7, 11) is 0. The van der Waals surface area contributed by atoms with Gasteiger partial charge < -0.3 is 39.4 Å². The van der Waals surface area contributed by atoms with E-state index in [0.717, 1.165) is 38.5 Å². The van der Waals surface area contributed by atoms with Crippen molar-refractivity contribution in [3.05, 3.63) is 0 Å². The first-order chi connectivity index (χ1) is 23.2. The highest BCUT2D eigenvalue weighted by atomic mass is 16.7. The number of morpholine rings is 1. The van der Waals surface area contributed by atoms with Gasteiger partial charge in [0.15, 0.2) is 6.29 Å². The molecule has 2 spiro atoms. The van der Waals surface area contributed by atoms with Crippen molar-refractivity contribution in [1.82, 2.24) is 4.90 Å². The molecule has 7 aliphatic rings. The molecule has 50 heavy (non-hydrogen) atoms. The number of carbonyl (C=O) groups excluding carboxylic acids is 2. The highest BCUT2D eigenvalue weighted by molar-refractivity contribution is 5.68. The molecule has 5 saturated carbocycles. The van der Waals surface area contributed by atoms with Crippen molar-refractivity contribution in [2.24, 2.45) is 62.4 Å². The van der Waals surface area contributed by atoms with Crippen molar-refractivity contribution < 1.29 is 38.4 Å². The number of aliphatic hydroxyl groups is 1. The van der Waals surface area contributed by atoms with Crippen LogP contribution in [0.5, 0.6) is 0 Å². The number of hydrogen-bond donors (Lipinski definition) is 2. The lowest BCUT2D eigenvalue weighted by atomic mass is 9.41. The number of fused-ring (bicyclic) bond motifs is 4. The molecule has 0 radical (unpaired) electrons. The smallest absolute Gasteiger partial charge is 0.410 e. The van der Waals surface area contributed by atoms with Gasteiger partial charge in [0.1, 0.15) is 11.7 Å². The minimum absolute atomic E-state index is 0.0416. The van der Waals surface area contributed by atoms with Gasteiger partial charge in [-0.1, -0.05) is 48.5 Å². The van der Waals surface area contributed by atoms with Gasteiger partial charge in [-0.2, -0.15) is 0 Å². The second-order valence-electron chi connectivity index (χ2n) is 20.1. The van der Waals surface area contributed by atoms with Crippen LogP contribution < -0.4 is 5.73 Å². The lowest BCUT2D eigenvalue weighted by molar-refractivity contribution is -0.246. The molecule has 2 saturated heterocycles. The van der Waals surface area contributed by atoms with E-state index >= 15 is 0 Å². The molecule has 0 aromatic heterocycles. The van der Waals surface area contributed by atoms with Crippen LogP contribution in [-0.2, 0) is 23.7 Å². The van der Waals surface area contributed by atoms with Gasteiger partial charge in [0.25, 0.3) is 0 Å². The number of rotatable bonds is 5. The van der Waals surface area contributed by atoms with Crippen LogP contribution >= 0.6 is 0 Å². The monoisotopic (exact) mass is 702 g/mol.